The summed E-state index contributed by atoms with van der Waals surface area (Å²) in [7, 11) is 0. The predicted octanol–water partition coefficient (Wildman–Crippen LogP) is 0.967. The Morgan fingerprint density at radius 1 is 1.25 bits per heavy atom. The van der Waals surface area contributed by atoms with Crippen LogP contribution in [0.5, 0.6) is 0 Å². The molecule has 0 radical (unpaired) electrons. The molecule has 0 saturated heterocycles. The number of aliphatic hydroxyl groups excluding tert-OH is 1. The molecule has 3 N–H and O–H groups in total. The van der Waals surface area contributed by atoms with Crippen molar-refractivity contribution in [3.05, 3.63) is 35.4 Å². The highest BCUT2D eigenvalue weighted by Crippen LogP contribution is 2.31. The SMILES string of the molecule is CC(=O)NCc1ccc(C(=O)NC2(CO)CCC2)cc1. The van der Waals surface area contributed by atoms with Crippen LogP contribution >= 0.6 is 0 Å². The molecule has 0 bridgehead atoms. The van der Waals surface area contributed by atoms with Crippen LogP contribution in [0.1, 0.15) is 42.1 Å². The van der Waals surface area contributed by atoms with Crippen LogP contribution in [-0.4, -0.2) is 29.1 Å². The highest BCUT2D eigenvalue weighted by molar-refractivity contribution is 5.94. The lowest BCUT2D eigenvalue weighted by atomic mass is 9.77. The van der Waals surface area contributed by atoms with Crippen LogP contribution in [0.2, 0.25) is 0 Å². The summed E-state index contributed by atoms with van der Waals surface area (Å²) < 4.78 is 0. The number of rotatable bonds is 5. The average Bonchev–Trinajstić information content (AvgIpc) is 2.41. The molecular formula is C15H20N2O3. The molecular weight excluding hydrogens is 256 g/mol. The lowest BCUT2D eigenvalue weighted by molar-refractivity contribution is -0.119. The van der Waals surface area contributed by atoms with E-state index in [1.165, 1.54) is 6.92 Å². The summed E-state index contributed by atoms with van der Waals surface area (Å²) in [5.74, 6) is -0.244. The average molecular weight is 276 g/mol. The first-order valence-corrected chi connectivity index (χ1v) is 6.81. The van der Waals surface area contributed by atoms with Crippen LogP contribution in [-0.2, 0) is 11.3 Å². The van der Waals surface area contributed by atoms with Gasteiger partial charge in [0.1, 0.15) is 0 Å². The highest BCUT2D eigenvalue weighted by Gasteiger charge is 2.37. The fraction of sp³-hybridized carbons (Fsp3) is 0.467. The van der Waals surface area contributed by atoms with Gasteiger partial charge in [-0.15, -0.1) is 0 Å². The lowest BCUT2D eigenvalue weighted by Gasteiger charge is -2.40. The van der Waals surface area contributed by atoms with Gasteiger partial charge in [-0.1, -0.05) is 12.1 Å². The van der Waals surface area contributed by atoms with Gasteiger partial charge in [-0.25, -0.2) is 0 Å². The zero-order chi connectivity index (χ0) is 14.6. The van der Waals surface area contributed by atoms with Crippen molar-refractivity contribution in [3.8, 4) is 0 Å². The number of hydrogen-bond acceptors (Lipinski definition) is 3. The first-order valence-electron chi connectivity index (χ1n) is 6.81. The predicted molar refractivity (Wildman–Crippen MR) is 75.1 cm³/mol. The van der Waals surface area contributed by atoms with E-state index in [-0.39, 0.29) is 18.4 Å². The van der Waals surface area contributed by atoms with Gasteiger partial charge in [0.05, 0.1) is 12.1 Å². The van der Waals surface area contributed by atoms with Crippen molar-refractivity contribution in [2.45, 2.75) is 38.3 Å². The molecule has 5 nitrogen and oxygen atoms in total. The normalized spacial score (nSPS) is 16.1. The molecule has 2 amide bonds. The Kier molecular flexibility index (Phi) is 4.39. The summed E-state index contributed by atoms with van der Waals surface area (Å²) >= 11 is 0. The van der Waals surface area contributed by atoms with E-state index in [9.17, 15) is 14.7 Å². The third kappa shape index (κ3) is 3.36. The summed E-state index contributed by atoms with van der Waals surface area (Å²) in [5, 5.41) is 15.0. The molecule has 1 aromatic rings. The minimum absolute atomic E-state index is 0.0145. The second-order valence-corrected chi connectivity index (χ2v) is 5.35. The first kappa shape index (κ1) is 14.5. The lowest BCUT2D eigenvalue weighted by Crippen LogP contribution is -2.56. The molecule has 0 aromatic heterocycles. The van der Waals surface area contributed by atoms with Crippen molar-refractivity contribution in [1.82, 2.24) is 10.6 Å². The van der Waals surface area contributed by atoms with Gasteiger partial charge >= 0.3 is 0 Å². The van der Waals surface area contributed by atoms with Crippen LogP contribution < -0.4 is 10.6 Å². The largest absolute Gasteiger partial charge is 0.394 e. The van der Waals surface area contributed by atoms with E-state index < -0.39 is 5.54 Å². The summed E-state index contributed by atoms with van der Waals surface area (Å²) in [4.78, 5) is 22.9. The molecule has 1 aliphatic carbocycles. The molecule has 1 aromatic carbocycles. The molecule has 5 heteroatoms. The molecule has 1 fully saturated rings. The van der Waals surface area contributed by atoms with Crippen LogP contribution in [0.4, 0.5) is 0 Å². The molecule has 108 valence electrons. The molecule has 0 spiro atoms. The summed E-state index contributed by atoms with van der Waals surface area (Å²) in [6.07, 6.45) is 2.70. The Bertz CT molecular complexity index is 487. The number of nitrogens with one attached hydrogen (secondary N) is 2. The van der Waals surface area contributed by atoms with Crippen LogP contribution in [0.3, 0.4) is 0 Å². The van der Waals surface area contributed by atoms with Crippen LogP contribution in [0.25, 0.3) is 0 Å². The maximum absolute atomic E-state index is 12.1. The number of hydrogen-bond donors (Lipinski definition) is 3. The zero-order valence-electron chi connectivity index (χ0n) is 11.6. The standard InChI is InChI=1S/C15H20N2O3/c1-11(19)16-9-12-3-5-13(6-4-12)14(20)17-15(10-18)7-2-8-15/h3-6,18H,2,7-10H2,1H3,(H,16,19)(H,17,20). The van der Waals surface area contributed by atoms with Gasteiger partial charge in [0, 0.05) is 19.0 Å². The van der Waals surface area contributed by atoms with Crippen molar-refractivity contribution >= 4 is 11.8 Å². The number of carbonyl (C=O) groups excluding carboxylic acids is 2. The second-order valence-electron chi connectivity index (χ2n) is 5.35. The minimum atomic E-state index is -0.425. The maximum Gasteiger partial charge on any atom is 0.251 e. The van der Waals surface area contributed by atoms with Gasteiger partial charge in [-0.05, 0) is 37.0 Å². The van der Waals surface area contributed by atoms with Gasteiger partial charge in [0.25, 0.3) is 5.91 Å². The number of carbonyl (C=O) groups is 2. The van der Waals surface area contributed by atoms with Crippen molar-refractivity contribution in [2.75, 3.05) is 6.61 Å². The molecule has 0 heterocycles. The summed E-state index contributed by atoms with van der Waals surface area (Å²) in [6, 6.07) is 7.10. The topological polar surface area (TPSA) is 78.4 Å². The van der Waals surface area contributed by atoms with E-state index in [0.717, 1.165) is 24.8 Å². The van der Waals surface area contributed by atoms with Gasteiger partial charge in [0.2, 0.25) is 5.91 Å². The quantitative estimate of drug-likeness (QED) is 0.749. The van der Waals surface area contributed by atoms with Crippen molar-refractivity contribution in [3.63, 3.8) is 0 Å². The minimum Gasteiger partial charge on any atom is -0.394 e. The van der Waals surface area contributed by atoms with E-state index >= 15 is 0 Å². The Labute approximate surface area is 118 Å². The Morgan fingerprint density at radius 2 is 1.90 bits per heavy atom. The van der Waals surface area contributed by atoms with E-state index in [1.807, 2.05) is 12.1 Å². The third-order valence-corrected chi connectivity index (χ3v) is 3.75. The molecule has 0 aliphatic heterocycles. The maximum atomic E-state index is 12.1. The Morgan fingerprint density at radius 3 is 2.35 bits per heavy atom. The van der Waals surface area contributed by atoms with E-state index in [2.05, 4.69) is 10.6 Å². The number of aliphatic hydroxyl groups is 1. The zero-order valence-corrected chi connectivity index (χ0v) is 11.6. The van der Waals surface area contributed by atoms with Crippen molar-refractivity contribution in [2.24, 2.45) is 0 Å². The fourth-order valence-electron chi connectivity index (χ4n) is 2.24. The van der Waals surface area contributed by atoms with Crippen molar-refractivity contribution in [1.29, 1.82) is 0 Å². The van der Waals surface area contributed by atoms with Gasteiger partial charge in [0.15, 0.2) is 0 Å². The smallest absolute Gasteiger partial charge is 0.251 e. The molecule has 1 aliphatic rings. The van der Waals surface area contributed by atoms with E-state index in [4.69, 9.17) is 0 Å². The van der Waals surface area contributed by atoms with Gasteiger partial charge in [-0.3, -0.25) is 9.59 Å². The highest BCUT2D eigenvalue weighted by atomic mass is 16.3. The Hall–Kier alpha value is -1.88. The second kappa shape index (κ2) is 6.05. The summed E-state index contributed by atoms with van der Waals surface area (Å²) in [5.41, 5.74) is 1.08. The van der Waals surface area contributed by atoms with Crippen molar-refractivity contribution < 1.29 is 14.7 Å². The molecule has 2 rings (SSSR count). The molecule has 0 unspecified atom stereocenters. The monoisotopic (exact) mass is 276 g/mol. The fourth-order valence-corrected chi connectivity index (χ4v) is 2.24. The summed E-state index contributed by atoms with van der Waals surface area (Å²) in [6.45, 7) is 1.91. The van der Waals surface area contributed by atoms with E-state index in [1.54, 1.807) is 12.1 Å². The Balaban J connectivity index is 1.95. The molecule has 1 saturated carbocycles. The van der Waals surface area contributed by atoms with Gasteiger partial charge < -0.3 is 15.7 Å². The van der Waals surface area contributed by atoms with Crippen LogP contribution in [0.15, 0.2) is 24.3 Å². The van der Waals surface area contributed by atoms with E-state index in [0.29, 0.717) is 12.1 Å². The molecule has 20 heavy (non-hydrogen) atoms. The third-order valence-electron chi connectivity index (χ3n) is 3.75. The number of amides is 2. The van der Waals surface area contributed by atoms with Crippen LogP contribution in [0, 0.1) is 0 Å². The molecule has 0 atom stereocenters. The number of benzene rings is 1. The van der Waals surface area contributed by atoms with Gasteiger partial charge in [-0.2, -0.15) is 0 Å². The first-order chi connectivity index (χ1) is 9.54.